The number of piperidine rings is 1. The minimum atomic E-state index is -0.534. The zero-order chi connectivity index (χ0) is 12.4. The van der Waals surface area contributed by atoms with Crippen LogP contribution >= 0.6 is 11.6 Å². The van der Waals surface area contributed by atoms with Gasteiger partial charge in [0.1, 0.15) is 5.69 Å². The number of aromatic amines is 1. The standard InChI is InChI=1S/C10H12ClN3O3/c11-7-2-1-3-13(6-7)10(15)9-4-8(5-12-9)14(16)17/h4-5,7,12H,1-3,6H2. The monoisotopic (exact) mass is 257 g/mol. The van der Waals surface area contributed by atoms with Gasteiger partial charge in [-0.25, -0.2) is 0 Å². The van der Waals surface area contributed by atoms with E-state index in [4.69, 9.17) is 11.6 Å². The molecule has 92 valence electrons. The maximum absolute atomic E-state index is 12.0. The van der Waals surface area contributed by atoms with E-state index in [1.54, 1.807) is 4.90 Å². The van der Waals surface area contributed by atoms with E-state index < -0.39 is 4.92 Å². The van der Waals surface area contributed by atoms with Gasteiger partial charge in [0.05, 0.1) is 16.5 Å². The van der Waals surface area contributed by atoms with Gasteiger partial charge in [-0.2, -0.15) is 0 Å². The molecule has 2 rings (SSSR count). The Hall–Kier alpha value is -1.56. The molecule has 0 radical (unpaired) electrons. The molecule has 1 aliphatic heterocycles. The molecular weight excluding hydrogens is 246 g/mol. The minimum Gasteiger partial charge on any atom is -0.351 e. The molecule has 1 saturated heterocycles. The SMILES string of the molecule is O=C(c1cc([N+](=O)[O-])c[nH]1)N1CCCC(Cl)C1. The second-order valence-electron chi connectivity index (χ2n) is 4.02. The highest BCUT2D eigenvalue weighted by Crippen LogP contribution is 2.19. The molecule has 0 aromatic carbocycles. The van der Waals surface area contributed by atoms with Gasteiger partial charge in [-0.15, -0.1) is 11.6 Å². The molecule has 17 heavy (non-hydrogen) atoms. The fourth-order valence-electron chi connectivity index (χ4n) is 1.89. The second kappa shape index (κ2) is 4.75. The van der Waals surface area contributed by atoms with E-state index in [1.807, 2.05) is 0 Å². The van der Waals surface area contributed by atoms with Gasteiger partial charge in [-0.3, -0.25) is 14.9 Å². The van der Waals surface area contributed by atoms with Crippen LogP contribution in [0.1, 0.15) is 23.3 Å². The Bertz CT molecular complexity index is 446. The average molecular weight is 258 g/mol. The number of aromatic nitrogens is 1. The van der Waals surface area contributed by atoms with Crippen molar-refractivity contribution in [3.63, 3.8) is 0 Å². The van der Waals surface area contributed by atoms with Gasteiger partial charge in [-0.05, 0) is 12.8 Å². The summed E-state index contributed by atoms with van der Waals surface area (Å²) in [6.07, 6.45) is 2.98. The van der Waals surface area contributed by atoms with Gasteiger partial charge in [-0.1, -0.05) is 0 Å². The van der Waals surface area contributed by atoms with E-state index in [-0.39, 0.29) is 22.7 Å². The number of hydrogen-bond donors (Lipinski definition) is 1. The Morgan fingerprint density at radius 1 is 1.65 bits per heavy atom. The third-order valence-electron chi connectivity index (χ3n) is 2.76. The fraction of sp³-hybridized carbons (Fsp3) is 0.500. The number of amides is 1. The first-order valence-corrected chi connectivity index (χ1v) is 5.77. The van der Waals surface area contributed by atoms with Crippen LogP contribution in [0, 0.1) is 10.1 Å². The van der Waals surface area contributed by atoms with E-state index in [1.165, 1.54) is 12.3 Å². The van der Waals surface area contributed by atoms with Crippen LogP contribution in [0.2, 0.25) is 0 Å². The van der Waals surface area contributed by atoms with Crippen LogP contribution in [-0.2, 0) is 0 Å². The van der Waals surface area contributed by atoms with Crippen LogP contribution in [0.15, 0.2) is 12.3 Å². The number of carbonyl (C=O) groups is 1. The lowest BCUT2D eigenvalue weighted by Gasteiger charge is -2.29. The summed E-state index contributed by atoms with van der Waals surface area (Å²) in [6.45, 7) is 1.14. The molecule has 1 fully saturated rings. The molecule has 1 aromatic rings. The number of carbonyl (C=O) groups excluding carboxylic acids is 1. The van der Waals surface area contributed by atoms with Gasteiger partial charge in [0.2, 0.25) is 0 Å². The van der Waals surface area contributed by atoms with Crippen LogP contribution in [0.4, 0.5) is 5.69 Å². The topological polar surface area (TPSA) is 79.2 Å². The molecule has 1 amide bonds. The summed E-state index contributed by atoms with van der Waals surface area (Å²) in [5.41, 5.74) is 0.134. The van der Waals surface area contributed by atoms with Crippen molar-refractivity contribution in [1.82, 2.24) is 9.88 Å². The quantitative estimate of drug-likeness (QED) is 0.498. The van der Waals surface area contributed by atoms with Crippen molar-refractivity contribution >= 4 is 23.2 Å². The zero-order valence-electron chi connectivity index (χ0n) is 9.06. The van der Waals surface area contributed by atoms with Gasteiger partial charge in [0, 0.05) is 19.2 Å². The van der Waals surface area contributed by atoms with Crippen molar-refractivity contribution < 1.29 is 9.72 Å². The second-order valence-corrected chi connectivity index (χ2v) is 4.64. The molecule has 0 aliphatic carbocycles. The highest BCUT2D eigenvalue weighted by atomic mass is 35.5. The molecule has 0 bridgehead atoms. The van der Waals surface area contributed by atoms with Crippen molar-refractivity contribution in [2.45, 2.75) is 18.2 Å². The number of rotatable bonds is 2. The van der Waals surface area contributed by atoms with E-state index >= 15 is 0 Å². The molecule has 1 unspecified atom stereocenters. The predicted octanol–water partition coefficient (Wildman–Crippen LogP) is 1.77. The third kappa shape index (κ3) is 2.58. The van der Waals surface area contributed by atoms with Gasteiger partial charge in [0.15, 0.2) is 0 Å². The first-order chi connectivity index (χ1) is 8.08. The van der Waals surface area contributed by atoms with Crippen molar-refractivity contribution in [3.05, 3.63) is 28.1 Å². The van der Waals surface area contributed by atoms with Crippen molar-refractivity contribution in [3.8, 4) is 0 Å². The van der Waals surface area contributed by atoms with E-state index in [0.29, 0.717) is 13.1 Å². The maximum atomic E-state index is 12.0. The molecule has 0 spiro atoms. The van der Waals surface area contributed by atoms with Crippen LogP contribution in [0.5, 0.6) is 0 Å². The molecule has 0 saturated carbocycles. The summed E-state index contributed by atoms with van der Waals surface area (Å²) >= 11 is 5.99. The molecule has 6 nitrogen and oxygen atoms in total. The van der Waals surface area contributed by atoms with E-state index in [9.17, 15) is 14.9 Å². The number of halogens is 1. The lowest BCUT2D eigenvalue weighted by molar-refractivity contribution is -0.384. The molecule has 1 N–H and O–H groups in total. The molecule has 2 heterocycles. The van der Waals surface area contributed by atoms with Crippen LogP contribution in [0.3, 0.4) is 0 Å². The normalized spacial score (nSPS) is 20.3. The van der Waals surface area contributed by atoms with Gasteiger partial charge < -0.3 is 9.88 Å². The number of nitro groups is 1. The van der Waals surface area contributed by atoms with Crippen molar-refractivity contribution in [1.29, 1.82) is 0 Å². The van der Waals surface area contributed by atoms with E-state index in [0.717, 1.165) is 12.8 Å². The smallest absolute Gasteiger partial charge is 0.287 e. The lowest BCUT2D eigenvalue weighted by atomic mass is 10.1. The minimum absolute atomic E-state index is 0.0300. The summed E-state index contributed by atoms with van der Waals surface area (Å²) in [5, 5.41) is 10.5. The molecule has 1 aromatic heterocycles. The Balaban J connectivity index is 2.10. The van der Waals surface area contributed by atoms with Crippen LogP contribution < -0.4 is 0 Å². The number of nitrogens with one attached hydrogen (secondary N) is 1. The Morgan fingerprint density at radius 3 is 3.00 bits per heavy atom. The number of alkyl halides is 1. The highest BCUT2D eigenvalue weighted by molar-refractivity contribution is 6.21. The summed E-state index contributed by atoms with van der Waals surface area (Å²) in [7, 11) is 0. The summed E-state index contributed by atoms with van der Waals surface area (Å²) in [4.78, 5) is 26.2. The van der Waals surface area contributed by atoms with Crippen molar-refractivity contribution in [2.24, 2.45) is 0 Å². The van der Waals surface area contributed by atoms with Crippen molar-refractivity contribution in [2.75, 3.05) is 13.1 Å². The molecular formula is C10H12ClN3O3. The summed E-state index contributed by atoms with van der Waals surface area (Å²) in [5.74, 6) is -0.233. The van der Waals surface area contributed by atoms with Gasteiger partial charge >= 0.3 is 0 Å². The number of likely N-dealkylation sites (tertiary alicyclic amines) is 1. The number of nitrogens with zero attached hydrogens (tertiary/aromatic N) is 2. The number of H-pyrrole nitrogens is 1. The summed E-state index contributed by atoms with van der Waals surface area (Å²) < 4.78 is 0. The Kier molecular flexibility index (Phi) is 3.33. The first-order valence-electron chi connectivity index (χ1n) is 5.34. The predicted molar refractivity (Wildman–Crippen MR) is 62.2 cm³/mol. The average Bonchev–Trinajstić information content (AvgIpc) is 2.77. The van der Waals surface area contributed by atoms with E-state index in [2.05, 4.69) is 4.98 Å². The molecule has 1 aliphatic rings. The first kappa shape index (κ1) is 11.9. The fourth-order valence-corrected chi connectivity index (χ4v) is 2.21. The molecule has 7 heteroatoms. The maximum Gasteiger partial charge on any atom is 0.287 e. The number of hydrogen-bond acceptors (Lipinski definition) is 3. The lowest BCUT2D eigenvalue weighted by Crippen LogP contribution is -2.40. The Morgan fingerprint density at radius 2 is 2.41 bits per heavy atom. The highest BCUT2D eigenvalue weighted by Gasteiger charge is 2.25. The largest absolute Gasteiger partial charge is 0.351 e. The summed E-state index contributed by atoms with van der Waals surface area (Å²) in [6, 6.07) is 1.25. The Labute approximate surface area is 103 Å². The molecule has 1 atom stereocenters. The third-order valence-corrected chi connectivity index (χ3v) is 3.12. The van der Waals surface area contributed by atoms with Gasteiger partial charge in [0.25, 0.3) is 11.6 Å². The van der Waals surface area contributed by atoms with Crippen LogP contribution in [0.25, 0.3) is 0 Å². The zero-order valence-corrected chi connectivity index (χ0v) is 9.81. The van der Waals surface area contributed by atoms with Crippen LogP contribution in [-0.4, -0.2) is 39.2 Å².